The fourth-order valence-electron chi connectivity index (χ4n) is 3.04. The zero-order valence-corrected chi connectivity index (χ0v) is 15.5. The first-order valence-corrected chi connectivity index (χ1v) is 10.2. The van der Waals surface area contributed by atoms with Crippen LogP contribution in [0.1, 0.15) is 41.6 Å². The summed E-state index contributed by atoms with van der Waals surface area (Å²) >= 11 is 3.36. The number of sulfonamides is 1. The highest BCUT2D eigenvalue weighted by molar-refractivity contribution is 9.10. The van der Waals surface area contributed by atoms with Crippen molar-refractivity contribution in [1.29, 1.82) is 0 Å². The molecule has 0 heterocycles. The molecular formula is C18H20BrNO2S. The Labute approximate surface area is 146 Å². The van der Waals surface area contributed by atoms with E-state index in [2.05, 4.69) is 32.8 Å². The second-order valence-corrected chi connectivity index (χ2v) is 8.78. The van der Waals surface area contributed by atoms with E-state index in [0.717, 1.165) is 28.4 Å². The SMILES string of the molecule is C[C@@H](NS(=O)(=O)Cc1ccc(Br)cc1)c1ccc2c(c1)CCC2. The molecule has 3 nitrogen and oxygen atoms in total. The van der Waals surface area contributed by atoms with Crippen LogP contribution in [0.3, 0.4) is 0 Å². The second-order valence-electron chi connectivity index (χ2n) is 6.11. The molecule has 0 aliphatic heterocycles. The number of fused-ring (bicyclic) bond motifs is 1. The van der Waals surface area contributed by atoms with Crippen molar-refractivity contribution in [2.75, 3.05) is 0 Å². The molecule has 23 heavy (non-hydrogen) atoms. The number of hydrogen-bond acceptors (Lipinski definition) is 2. The smallest absolute Gasteiger partial charge is 0.212 e. The van der Waals surface area contributed by atoms with E-state index in [9.17, 15) is 8.42 Å². The van der Waals surface area contributed by atoms with Gasteiger partial charge in [-0.2, -0.15) is 0 Å². The van der Waals surface area contributed by atoms with Crippen molar-refractivity contribution < 1.29 is 8.42 Å². The van der Waals surface area contributed by atoms with E-state index in [1.807, 2.05) is 37.3 Å². The van der Waals surface area contributed by atoms with Gasteiger partial charge in [0.05, 0.1) is 5.75 Å². The number of rotatable bonds is 5. The van der Waals surface area contributed by atoms with Gasteiger partial charge in [-0.25, -0.2) is 13.1 Å². The Kier molecular flexibility index (Phi) is 4.90. The topological polar surface area (TPSA) is 46.2 Å². The fraction of sp³-hybridized carbons (Fsp3) is 0.333. The van der Waals surface area contributed by atoms with Crippen molar-refractivity contribution in [1.82, 2.24) is 4.72 Å². The summed E-state index contributed by atoms with van der Waals surface area (Å²) in [7, 11) is -3.37. The van der Waals surface area contributed by atoms with Gasteiger partial charge in [0.2, 0.25) is 10.0 Å². The van der Waals surface area contributed by atoms with Crippen molar-refractivity contribution in [3.63, 3.8) is 0 Å². The molecule has 2 aromatic rings. The van der Waals surface area contributed by atoms with Crippen LogP contribution in [0.15, 0.2) is 46.9 Å². The standard InChI is InChI=1S/C18H20BrNO2S/c1-13(16-8-7-15-3-2-4-17(15)11-16)20-23(21,22)12-14-5-9-18(19)10-6-14/h5-11,13,20H,2-4,12H2,1H3/t13-/m1/s1. The lowest BCUT2D eigenvalue weighted by atomic mass is 10.0. The van der Waals surface area contributed by atoms with E-state index in [-0.39, 0.29) is 11.8 Å². The molecule has 2 aromatic carbocycles. The maximum absolute atomic E-state index is 12.4. The molecule has 1 atom stereocenters. The third kappa shape index (κ3) is 4.22. The molecule has 0 fully saturated rings. The van der Waals surface area contributed by atoms with E-state index in [0.29, 0.717) is 0 Å². The lowest BCUT2D eigenvalue weighted by Gasteiger charge is -2.16. The number of aryl methyl sites for hydroxylation is 2. The highest BCUT2D eigenvalue weighted by Crippen LogP contribution is 2.26. The number of halogens is 1. The van der Waals surface area contributed by atoms with Gasteiger partial charge in [-0.1, -0.05) is 46.3 Å². The van der Waals surface area contributed by atoms with Gasteiger partial charge in [0.25, 0.3) is 0 Å². The molecule has 0 saturated carbocycles. The van der Waals surface area contributed by atoms with E-state index < -0.39 is 10.0 Å². The molecule has 1 aliphatic carbocycles. The summed E-state index contributed by atoms with van der Waals surface area (Å²) < 4.78 is 28.5. The maximum Gasteiger partial charge on any atom is 0.216 e. The van der Waals surface area contributed by atoms with Crippen LogP contribution in [-0.4, -0.2) is 8.42 Å². The number of hydrogen-bond donors (Lipinski definition) is 1. The van der Waals surface area contributed by atoms with Gasteiger partial charge in [-0.3, -0.25) is 0 Å². The summed E-state index contributed by atoms with van der Waals surface area (Å²) in [6.07, 6.45) is 3.43. The van der Waals surface area contributed by atoms with Gasteiger partial charge in [-0.05, 0) is 60.6 Å². The third-order valence-electron chi connectivity index (χ3n) is 4.25. The van der Waals surface area contributed by atoms with Crippen molar-refractivity contribution in [2.45, 2.75) is 38.0 Å². The summed E-state index contributed by atoms with van der Waals surface area (Å²) in [5.41, 5.74) is 4.58. The van der Waals surface area contributed by atoms with Crippen LogP contribution in [-0.2, 0) is 28.6 Å². The quantitative estimate of drug-likeness (QED) is 0.830. The monoisotopic (exact) mass is 393 g/mol. The predicted molar refractivity (Wildman–Crippen MR) is 96.8 cm³/mol. The summed E-state index contributed by atoms with van der Waals surface area (Å²) in [4.78, 5) is 0. The minimum absolute atomic E-state index is 0.00440. The van der Waals surface area contributed by atoms with Crippen LogP contribution >= 0.6 is 15.9 Å². The van der Waals surface area contributed by atoms with Crippen molar-refractivity contribution in [3.05, 3.63) is 69.2 Å². The molecule has 0 saturated heterocycles. The highest BCUT2D eigenvalue weighted by atomic mass is 79.9. The Morgan fingerprint density at radius 2 is 1.78 bits per heavy atom. The van der Waals surface area contributed by atoms with E-state index in [1.54, 1.807) is 0 Å². The predicted octanol–water partition coefficient (Wildman–Crippen LogP) is 4.12. The van der Waals surface area contributed by atoms with Crippen LogP contribution in [0, 0.1) is 0 Å². The van der Waals surface area contributed by atoms with E-state index in [4.69, 9.17) is 0 Å². The van der Waals surface area contributed by atoms with Gasteiger partial charge in [0.15, 0.2) is 0 Å². The Morgan fingerprint density at radius 1 is 1.09 bits per heavy atom. The molecular weight excluding hydrogens is 374 g/mol. The van der Waals surface area contributed by atoms with E-state index in [1.165, 1.54) is 17.5 Å². The van der Waals surface area contributed by atoms with Gasteiger partial charge in [-0.15, -0.1) is 0 Å². The molecule has 3 rings (SSSR count). The largest absolute Gasteiger partial charge is 0.216 e. The molecule has 0 unspecified atom stereocenters. The van der Waals surface area contributed by atoms with Gasteiger partial charge in [0, 0.05) is 10.5 Å². The molecule has 1 aliphatic rings. The lowest BCUT2D eigenvalue weighted by Crippen LogP contribution is -2.28. The van der Waals surface area contributed by atoms with Crippen molar-refractivity contribution in [3.8, 4) is 0 Å². The molecule has 0 amide bonds. The molecule has 122 valence electrons. The minimum Gasteiger partial charge on any atom is -0.212 e. The molecule has 0 spiro atoms. The first kappa shape index (κ1) is 16.7. The van der Waals surface area contributed by atoms with Crippen LogP contribution in [0.2, 0.25) is 0 Å². The van der Waals surface area contributed by atoms with Gasteiger partial charge >= 0.3 is 0 Å². The zero-order valence-electron chi connectivity index (χ0n) is 13.0. The van der Waals surface area contributed by atoms with Gasteiger partial charge in [0.1, 0.15) is 0 Å². The Morgan fingerprint density at radius 3 is 2.52 bits per heavy atom. The molecule has 0 aromatic heterocycles. The molecule has 0 radical (unpaired) electrons. The average molecular weight is 394 g/mol. The summed E-state index contributed by atoms with van der Waals surface area (Å²) in [5, 5.41) is 0. The Bertz CT molecular complexity index is 800. The normalized spacial score (nSPS) is 15.4. The molecule has 0 bridgehead atoms. The summed E-state index contributed by atoms with van der Waals surface area (Å²) in [6, 6.07) is 13.5. The summed E-state index contributed by atoms with van der Waals surface area (Å²) in [5.74, 6) is -0.00440. The Hall–Kier alpha value is -1.17. The van der Waals surface area contributed by atoms with Crippen LogP contribution in [0.25, 0.3) is 0 Å². The van der Waals surface area contributed by atoms with Crippen molar-refractivity contribution >= 4 is 26.0 Å². The first-order chi connectivity index (χ1) is 10.9. The van der Waals surface area contributed by atoms with Crippen molar-refractivity contribution in [2.24, 2.45) is 0 Å². The molecule has 1 N–H and O–H groups in total. The van der Waals surface area contributed by atoms with E-state index >= 15 is 0 Å². The van der Waals surface area contributed by atoms with Gasteiger partial charge < -0.3 is 0 Å². The third-order valence-corrected chi connectivity index (χ3v) is 6.20. The minimum atomic E-state index is -3.37. The van der Waals surface area contributed by atoms with Crippen LogP contribution in [0.5, 0.6) is 0 Å². The second kappa shape index (κ2) is 6.75. The number of benzene rings is 2. The van der Waals surface area contributed by atoms with Crippen LogP contribution < -0.4 is 4.72 Å². The fourth-order valence-corrected chi connectivity index (χ4v) is 4.69. The molecule has 5 heteroatoms. The lowest BCUT2D eigenvalue weighted by molar-refractivity contribution is 0.566. The zero-order chi connectivity index (χ0) is 16.4. The first-order valence-electron chi connectivity index (χ1n) is 7.79. The number of nitrogens with one attached hydrogen (secondary N) is 1. The summed E-state index contributed by atoms with van der Waals surface area (Å²) in [6.45, 7) is 1.90. The average Bonchev–Trinajstić information content (AvgIpc) is 2.96. The Balaban J connectivity index is 1.70. The highest BCUT2D eigenvalue weighted by Gasteiger charge is 2.18. The maximum atomic E-state index is 12.4. The van der Waals surface area contributed by atoms with Crippen LogP contribution in [0.4, 0.5) is 0 Å².